The van der Waals surface area contributed by atoms with Crippen molar-refractivity contribution in [1.29, 1.82) is 0 Å². The van der Waals surface area contributed by atoms with Crippen LogP contribution in [0.3, 0.4) is 0 Å². The molecule has 1 aromatic rings. The molecule has 7 unspecified atom stereocenters. The minimum atomic E-state index is -1.39. The molecule has 3 saturated heterocycles. The second-order valence-corrected chi connectivity index (χ2v) is 14.0. The van der Waals surface area contributed by atoms with E-state index < -0.39 is 71.3 Å². The molecule has 49 heavy (non-hydrogen) atoms. The van der Waals surface area contributed by atoms with Gasteiger partial charge in [0.1, 0.15) is 42.2 Å². The quantitative estimate of drug-likeness (QED) is 0.193. The van der Waals surface area contributed by atoms with Crippen LogP contribution in [0, 0.1) is 5.41 Å². The molecule has 4 aliphatic rings. The fourth-order valence-corrected chi connectivity index (χ4v) is 6.77. The summed E-state index contributed by atoms with van der Waals surface area (Å²) in [5, 5.41) is 16.7. The van der Waals surface area contributed by atoms with Crippen molar-refractivity contribution in [2.75, 3.05) is 34.0 Å². The van der Waals surface area contributed by atoms with Gasteiger partial charge in [-0.1, -0.05) is 24.3 Å². The van der Waals surface area contributed by atoms with E-state index in [0.29, 0.717) is 0 Å². The monoisotopic (exact) mass is 686 g/mol. The lowest BCUT2D eigenvalue weighted by Crippen LogP contribution is -2.69. The highest BCUT2D eigenvalue weighted by Crippen LogP contribution is 2.55. The summed E-state index contributed by atoms with van der Waals surface area (Å²) >= 11 is 0. The highest BCUT2D eigenvalue weighted by Gasteiger charge is 2.74. The van der Waals surface area contributed by atoms with E-state index >= 15 is 0 Å². The number of likely N-dealkylation sites (N-methyl/N-ethyl adjacent to an activating group) is 1. The number of esters is 2. The third kappa shape index (κ3) is 8.13. The first kappa shape index (κ1) is 36.4. The van der Waals surface area contributed by atoms with Gasteiger partial charge < -0.3 is 39.6 Å². The van der Waals surface area contributed by atoms with E-state index in [1.807, 2.05) is 24.3 Å². The highest BCUT2D eigenvalue weighted by atomic mass is 16.8. The van der Waals surface area contributed by atoms with E-state index in [-0.39, 0.29) is 58.1 Å². The number of aliphatic hydroxyl groups is 1. The molecule has 0 radical (unpaired) electrons. The number of carbonyl (C=O) groups excluding carboxylic acids is 5. The van der Waals surface area contributed by atoms with Crippen LogP contribution in [-0.4, -0.2) is 121 Å². The van der Waals surface area contributed by atoms with Gasteiger partial charge in [0.25, 0.3) is 0 Å². The van der Waals surface area contributed by atoms with Gasteiger partial charge in [-0.05, 0) is 44.4 Å². The van der Waals surface area contributed by atoms with E-state index in [0.717, 1.165) is 11.1 Å². The van der Waals surface area contributed by atoms with Gasteiger partial charge in [0, 0.05) is 46.0 Å². The number of rotatable bonds is 13. The molecule has 3 heterocycles. The molecule has 5 rings (SSSR count). The van der Waals surface area contributed by atoms with Crippen molar-refractivity contribution in [2.24, 2.45) is 5.41 Å². The van der Waals surface area contributed by atoms with Crippen LogP contribution in [-0.2, 0) is 54.3 Å². The molecular formula is C34H46N4O11. The minimum absolute atomic E-state index is 0.0175. The number of amides is 3. The number of aliphatic hydroxyl groups excluding tert-OH is 1. The third-order valence-corrected chi connectivity index (χ3v) is 8.98. The summed E-state index contributed by atoms with van der Waals surface area (Å²) < 4.78 is 22.7. The minimum Gasteiger partial charge on any atom is -0.460 e. The van der Waals surface area contributed by atoms with Crippen LogP contribution in [0.1, 0.15) is 57.6 Å². The van der Waals surface area contributed by atoms with E-state index in [1.165, 1.54) is 16.0 Å². The summed E-state index contributed by atoms with van der Waals surface area (Å²) in [5.74, 6) is -2.13. The molecule has 1 aromatic carbocycles. The summed E-state index contributed by atoms with van der Waals surface area (Å²) in [6.07, 6.45) is 0.534. The summed E-state index contributed by atoms with van der Waals surface area (Å²) in [5.41, 5.74) is -0.494. The Bertz CT molecular complexity index is 1460. The molecule has 15 nitrogen and oxygen atoms in total. The average Bonchev–Trinajstić information content (AvgIpc) is 3.66. The maximum Gasteiger partial charge on any atom is 0.327 e. The van der Waals surface area contributed by atoms with Gasteiger partial charge in [0.05, 0.1) is 19.2 Å². The smallest absolute Gasteiger partial charge is 0.327 e. The molecule has 7 atom stereocenters. The van der Waals surface area contributed by atoms with Crippen molar-refractivity contribution < 1.29 is 52.9 Å². The van der Waals surface area contributed by atoms with Crippen molar-refractivity contribution >= 4 is 35.7 Å². The fourth-order valence-electron chi connectivity index (χ4n) is 6.77. The average molecular weight is 687 g/mol. The zero-order chi connectivity index (χ0) is 35.5. The zero-order valence-electron chi connectivity index (χ0n) is 28.5. The standard InChI is InChI=1S/C34H46N4O11/c1-33(2,3)48-26(42)12-10-22(18-39)36-24(40)13-14-35-32(44)34-16-23-27-28(46-19-45-27)30(34)49-38(29(34)31(43)47-23)17-21-8-6-7-20(15-21)9-11-25(41)37(4)5/h6-9,11,15,22-23,27-30,39H,10,12-14,16-19H2,1-5H3,(H,35,44)(H,36,40). The molecule has 3 N–H and O–H groups in total. The van der Waals surface area contributed by atoms with Crippen LogP contribution in [0.2, 0.25) is 0 Å². The van der Waals surface area contributed by atoms with Crippen molar-refractivity contribution in [3.8, 4) is 0 Å². The number of hydroxylamine groups is 2. The molecule has 1 saturated carbocycles. The first-order valence-electron chi connectivity index (χ1n) is 16.5. The van der Waals surface area contributed by atoms with Gasteiger partial charge in [0.15, 0.2) is 6.04 Å². The lowest BCUT2D eigenvalue weighted by Gasteiger charge is -2.48. The summed E-state index contributed by atoms with van der Waals surface area (Å²) in [7, 11) is 3.32. The predicted octanol–water partition coefficient (Wildman–Crippen LogP) is 0.435. The number of ether oxygens (including phenoxy) is 4. The van der Waals surface area contributed by atoms with Crippen LogP contribution >= 0.6 is 0 Å². The van der Waals surface area contributed by atoms with Crippen molar-refractivity contribution in [3.05, 3.63) is 41.5 Å². The van der Waals surface area contributed by atoms with Gasteiger partial charge in [0.2, 0.25) is 17.7 Å². The molecule has 0 aromatic heterocycles. The van der Waals surface area contributed by atoms with Gasteiger partial charge in [-0.3, -0.25) is 28.8 Å². The Labute approximate surface area is 285 Å². The number of benzene rings is 1. The first-order chi connectivity index (χ1) is 23.2. The number of nitrogens with one attached hydrogen (secondary N) is 2. The Morgan fingerprint density at radius 3 is 2.63 bits per heavy atom. The van der Waals surface area contributed by atoms with Crippen LogP contribution in [0.4, 0.5) is 0 Å². The second-order valence-electron chi connectivity index (χ2n) is 14.0. The molecule has 3 amide bonds. The van der Waals surface area contributed by atoms with Crippen LogP contribution in [0.25, 0.3) is 6.08 Å². The molecule has 15 heteroatoms. The van der Waals surface area contributed by atoms with Crippen LogP contribution in [0.5, 0.6) is 0 Å². The predicted molar refractivity (Wildman–Crippen MR) is 172 cm³/mol. The molecule has 3 aliphatic heterocycles. The second kappa shape index (κ2) is 14.9. The SMILES string of the molecule is CN(C)C(=O)C=Cc1cccc(CN2OC3C4OCOC4C4CC3(C(=O)NCCC(=O)NC(CO)CCC(=O)OC(C)(C)C)C2C(=O)O4)c1. The number of hydrogen-bond acceptors (Lipinski definition) is 12. The van der Waals surface area contributed by atoms with E-state index in [1.54, 1.807) is 40.9 Å². The Morgan fingerprint density at radius 2 is 1.92 bits per heavy atom. The van der Waals surface area contributed by atoms with Crippen molar-refractivity contribution in [3.63, 3.8) is 0 Å². The van der Waals surface area contributed by atoms with Gasteiger partial charge in [-0.2, -0.15) is 5.06 Å². The highest BCUT2D eigenvalue weighted by molar-refractivity contribution is 5.94. The molecule has 1 aliphatic carbocycles. The van der Waals surface area contributed by atoms with E-state index in [4.69, 9.17) is 23.8 Å². The van der Waals surface area contributed by atoms with Gasteiger partial charge in [-0.15, -0.1) is 0 Å². The van der Waals surface area contributed by atoms with Crippen molar-refractivity contribution in [1.82, 2.24) is 20.6 Å². The molecular weight excluding hydrogens is 640 g/mol. The van der Waals surface area contributed by atoms with Crippen LogP contribution < -0.4 is 10.6 Å². The van der Waals surface area contributed by atoms with E-state index in [9.17, 15) is 29.1 Å². The molecule has 0 spiro atoms. The fraction of sp³-hybridized carbons (Fsp3) is 0.618. The molecule has 268 valence electrons. The maximum absolute atomic E-state index is 14.1. The summed E-state index contributed by atoms with van der Waals surface area (Å²) in [4.78, 5) is 72.4. The Balaban J connectivity index is 1.26. The first-order valence-corrected chi connectivity index (χ1v) is 16.5. The number of nitrogens with zero attached hydrogens (tertiary/aromatic N) is 2. The Hall–Kier alpha value is -3.89. The Morgan fingerprint density at radius 1 is 1.16 bits per heavy atom. The molecule has 4 fully saturated rings. The van der Waals surface area contributed by atoms with Gasteiger partial charge >= 0.3 is 11.9 Å². The lowest BCUT2D eigenvalue weighted by atomic mass is 9.62. The lowest BCUT2D eigenvalue weighted by molar-refractivity contribution is -0.201. The third-order valence-electron chi connectivity index (χ3n) is 8.98. The number of fused-ring (bicyclic) bond motifs is 4. The van der Waals surface area contributed by atoms with Crippen molar-refractivity contribution in [2.45, 2.75) is 95.1 Å². The van der Waals surface area contributed by atoms with Gasteiger partial charge in [-0.25, -0.2) is 0 Å². The maximum atomic E-state index is 14.1. The normalized spacial score (nSPS) is 28.0. The summed E-state index contributed by atoms with van der Waals surface area (Å²) in [6, 6.07) is 5.61. The largest absolute Gasteiger partial charge is 0.460 e. The van der Waals surface area contributed by atoms with E-state index in [2.05, 4.69) is 10.6 Å². The topological polar surface area (TPSA) is 182 Å². The number of hydrogen-bond donors (Lipinski definition) is 3. The molecule has 2 bridgehead atoms. The zero-order valence-corrected chi connectivity index (χ0v) is 28.5. The number of carbonyl (C=O) groups is 5. The summed E-state index contributed by atoms with van der Waals surface area (Å²) in [6.45, 7) is 4.93. The Kier molecular flexibility index (Phi) is 11.1. The van der Waals surface area contributed by atoms with Crippen LogP contribution in [0.15, 0.2) is 30.3 Å².